The lowest BCUT2D eigenvalue weighted by Gasteiger charge is -2.26. The van der Waals surface area contributed by atoms with Crippen LogP contribution in [0.5, 0.6) is 0 Å². The van der Waals surface area contributed by atoms with Crippen LogP contribution in [0.3, 0.4) is 0 Å². The van der Waals surface area contributed by atoms with E-state index < -0.39 is 39.3 Å². The van der Waals surface area contributed by atoms with Crippen LogP contribution in [0.1, 0.15) is 23.6 Å². The first-order valence-electron chi connectivity index (χ1n) is 10.7. The standard InChI is InChI=1S/C24H28FN3O5S/c1-26(2)14-7-15-28-21(18-8-5-6-9-19(18)25)20(23(30)24(28)31)22(29)16-10-12-17(13-11-16)34(32,33)27(3)4/h5-6,8-13,21,29H,7,14-15H2,1-4H3/b22-20+/t21-/m1/s1. The average Bonchev–Trinajstić information content (AvgIpc) is 3.03. The molecule has 1 N–H and O–H groups in total. The van der Waals surface area contributed by atoms with Gasteiger partial charge in [0.05, 0.1) is 16.5 Å². The number of likely N-dealkylation sites (tertiary alicyclic amines) is 1. The van der Waals surface area contributed by atoms with Crippen molar-refractivity contribution in [3.63, 3.8) is 0 Å². The molecule has 0 bridgehead atoms. The largest absolute Gasteiger partial charge is 0.507 e. The van der Waals surface area contributed by atoms with Gasteiger partial charge in [0.2, 0.25) is 10.0 Å². The summed E-state index contributed by atoms with van der Waals surface area (Å²) in [5.41, 5.74) is 0.00779. The zero-order valence-electron chi connectivity index (χ0n) is 19.5. The number of hydrogen-bond donors (Lipinski definition) is 1. The minimum Gasteiger partial charge on any atom is -0.507 e. The summed E-state index contributed by atoms with van der Waals surface area (Å²) in [5.74, 6) is -2.83. The second-order valence-corrected chi connectivity index (χ2v) is 10.6. The van der Waals surface area contributed by atoms with Crippen molar-refractivity contribution in [2.45, 2.75) is 17.4 Å². The molecule has 34 heavy (non-hydrogen) atoms. The molecule has 182 valence electrons. The third kappa shape index (κ3) is 4.89. The maximum Gasteiger partial charge on any atom is 0.295 e. The van der Waals surface area contributed by atoms with Gasteiger partial charge in [-0.25, -0.2) is 17.1 Å². The maximum absolute atomic E-state index is 14.8. The van der Waals surface area contributed by atoms with Crippen molar-refractivity contribution in [3.8, 4) is 0 Å². The number of rotatable bonds is 8. The third-order valence-corrected chi connectivity index (χ3v) is 7.48. The molecule has 0 aromatic heterocycles. The molecule has 1 atom stereocenters. The van der Waals surface area contributed by atoms with E-state index in [0.717, 1.165) is 4.31 Å². The highest BCUT2D eigenvalue weighted by Gasteiger charge is 2.46. The third-order valence-electron chi connectivity index (χ3n) is 5.65. The summed E-state index contributed by atoms with van der Waals surface area (Å²) in [6.45, 7) is 0.841. The minimum atomic E-state index is -3.69. The predicted molar refractivity (Wildman–Crippen MR) is 126 cm³/mol. The predicted octanol–water partition coefficient (Wildman–Crippen LogP) is 2.45. The molecule has 1 amide bonds. The molecule has 1 aliphatic heterocycles. The first kappa shape index (κ1) is 25.5. The summed E-state index contributed by atoms with van der Waals surface area (Å²) in [6.07, 6.45) is 0.544. The van der Waals surface area contributed by atoms with Crippen LogP contribution in [0.2, 0.25) is 0 Å². The van der Waals surface area contributed by atoms with Crippen molar-refractivity contribution < 1.29 is 27.5 Å². The van der Waals surface area contributed by atoms with Crippen LogP contribution < -0.4 is 0 Å². The lowest BCUT2D eigenvalue weighted by atomic mass is 9.95. The van der Waals surface area contributed by atoms with Gasteiger partial charge in [-0.2, -0.15) is 0 Å². The van der Waals surface area contributed by atoms with Crippen LogP contribution in [0.25, 0.3) is 5.76 Å². The minimum absolute atomic E-state index is 0.00356. The van der Waals surface area contributed by atoms with Gasteiger partial charge in [0.1, 0.15) is 11.6 Å². The van der Waals surface area contributed by atoms with Crippen LogP contribution >= 0.6 is 0 Å². The Morgan fingerprint density at radius 2 is 1.65 bits per heavy atom. The molecule has 0 saturated carbocycles. The topological polar surface area (TPSA) is 98.2 Å². The number of halogens is 1. The monoisotopic (exact) mass is 489 g/mol. The van der Waals surface area contributed by atoms with E-state index in [2.05, 4.69) is 0 Å². The molecule has 1 saturated heterocycles. The molecule has 2 aromatic rings. The van der Waals surface area contributed by atoms with Crippen molar-refractivity contribution in [2.24, 2.45) is 0 Å². The van der Waals surface area contributed by atoms with Gasteiger partial charge in [-0.15, -0.1) is 0 Å². The highest BCUT2D eigenvalue weighted by atomic mass is 32.2. The molecule has 10 heteroatoms. The van der Waals surface area contributed by atoms with Crippen molar-refractivity contribution in [1.82, 2.24) is 14.1 Å². The zero-order chi connectivity index (χ0) is 25.2. The van der Waals surface area contributed by atoms with E-state index in [9.17, 15) is 27.5 Å². The average molecular weight is 490 g/mol. The van der Waals surface area contributed by atoms with Gasteiger partial charge in [0.25, 0.3) is 11.7 Å². The van der Waals surface area contributed by atoms with E-state index in [-0.39, 0.29) is 28.1 Å². The summed E-state index contributed by atoms with van der Waals surface area (Å²) in [6, 6.07) is 10.0. The smallest absolute Gasteiger partial charge is 0.295 e. The Morgan fingerprint density at radius 1 is 1.03 bits per heavy atom. The van der Waals surface area contributed by atoms with E-state index in [4.69, 9.17) is 0 Å². The molecular weight excluding hydrogens is 461 g/mol. The first-order valence-corrected chi connectivity index (χ1v) is 12.1. The number of hydrogen-bond acceptors (Lipinski definition) is 6. The summed E-state index contributed by atoms with van der Waals surface area (Å²) in [4.78, 5) is 29.1. The van der Waals surface area contributed by atoms with E-state index >= 15 is 0 Å². The molecule has 1 heterocycles. The normalized spacial score (nSPS) is 18.3. The number of nitrogens with zero attached hydrogens (tertiary/aromatic N) is 3. The highest BCUT2D eigenvalue weighted by Crippen LogP contribution is 2.40. The number of sulfonamides is 1. The van der Waals surface area contributed by atoms with Crippen molar-refractivity contribution in [2.75, 3.05) is 41.3 Å². The molecular formula is C24H28FN3O5S. The van der Waals surface area contributed by atoms with Gasteiger partial charge in [0.15, 0.2) is 0 Å². The SMILES string of the molecule is CN(C)CCCN1C(=O)C(=O)/C(=C(/O)c2ccc(S(=O)(=O)N(C)C)cc2)[C@H]1c1ccccc1F. The van der Waals surface area contributed by atoms with Gasteiger partial charge < -0.3 is 14.9 Å². The summed E-state index contributed by atoms with van der Waals surface area (Å²) < 4.78 is 40.5. The summed E-state index contributed by atoms with van der Waals surface area (Å²) >= 11 is 0. The molecule has 0 radical (unpaired) electrons. The highest BCUT2D eigenvalue weighted by molar-refractivity contribution is 7.89. The molecule has 2 aromatic carbocycles. The second-order valence-electron chi connectivity index (χ2n) is 8.48. The molecule has 3 rings (SSSR count). The number of carbonyl (C=O) groups excluding carboxylic acids is 2. The van der Waals surface area contributed by atoms with E-state index in [1.807, 2.05) is 19.0 Å². The van der Waals surface area contributed by atoms with Gasteiger partial charge in [-0.1, -0.05) is 18.2 Å². The molecule has 0 aliphatic carbocycles. The Kier molecular flexibility index (Phi) is 7.54. The Morgan fingerprint density at radius 3 is 2.21 bits per heavy atom. The fraction of sp³-hybridized carbons (Fsp3) is 0.333. The number of Topliss-reactive ketones (excluding diaryl/α,β-unsaturated/α-hetero) is 1. The molecule has 0 spiro atoms. The van der Waals surface area contributed by atoms with Gasteiger partial charge >= 0.3 is 0 Å². The quantitative estimate of drug-likeness (QED) is 0.348. The molecule has 1 aliphatic rings. The van der Waals surface area contributed by atoms with Gasteiger partial charge in [-0.3, -0.25) is 9.59 Å². The van der Waals surface area contributed by atoms with E-state index in [1.54, 1.807) is 6.07 Å². The van der Waals surface area contributed by atoms with Crippen LogP contribution in [0.15, 0.2) is 59.0 Å². The lowest BCUT2D eigenvalue weighted by molar-refractivity contribution is -0.140. The molecule has 8 nitrogen and oxygen atoms in total. The van der Waals surface area contributed by atoms with Crippen molar-refractivity contribution >= 4 is 27.5 Å². The molecule has 1 fully saturated rings. The Hall–Kier alpha value is -3.08. The van der Waals surface area contributed by atoms with Crippen LogP contribution in [0.4, 0.5) is 4.39 Å². The van der Waals surface area contributed by atoms with Crippen molar-refractivity contribution in [3.05, 3.63) is 71.0 Å². The Labute approximate surface area is 198 Å². The van der Waals surface area contributed by atoms with Crippen LogP contribution in [-0.4, -0.2) is 80.6 Å². The summed E-state index contributed by atoms with van der Waals surface area (Å²) in [7, 11) is 2.86. The van der Waals surface area contributed by atoms with Crippen LogP contribution in [-0.2, 0) is 19.6 Å². The number of ketones is 1. The fourth-order valence-corrected chi connectivity index (χ4v) is 4.74. The lowest BCUT2D eigenvalue weighted by Crippen LogP contribution is -2.32. The number of carbonyl (C=O) groups is 2. The van der Waals surface area contributed by atoms with Gasteiger partial charge in [-0.05, 0) is 57.4 Å². The maximum atomic E-state index is 14.8. The van der Waals surface area contributed by atoms with E-state index in [0.29, 0.717) is 13.0 Å². The number of benzene rings is 2. The first-order chi connectivity index (χ1) is 16.0. The number of amides is 1. The zero-order valence-corrected chi connectivity index (χ0v) is 20.3. The second kappa shape index (κ2) is 10.0. The van der Waals surface area contributed by atoms with Crippen molar-refractivity contribution in [1.29, 1.82) is 0 Å². The fourth-order valence-electron chi connectivity index (χ4n) is 3.84. The molecule has 0 unspecified atom stereocenters. The Bertz CT molecular complexity index is 1220. The van der Waals surface area contributed by atoms with Crippen LogP contribution in [0, 0.1) is 5.82 Å². The van der Waals surface area contributed by atoms with E-state index in [1.165, 1.54) is 61.5 Å². The Balaban J connectivity index is 2.10. The summed E-state index contributed by atoms with van der Waals surface area (Å²) in [5, 5.41) is 11.1. The number of aliphatic hydroxyl groups excluding tert-OH is 1. The van der Waals surface area contributed by atoms with Gasteiger partial charge in [0, 0.05) is 31.8 Å². The number of aliphatic hydroxyl groups is 1.